The Hall–Kier alpha value is -1.51. The van der Waals surface area contributed by atoms with Crippen LogP contribution in [0.5, 0.6) is 5.75 Å². The van der Waals surface area contributed by atoms with E-state index in [2.05, 4.69) is 4.99 Å². The normalized spacial score (nSPS) is 9.93. The zero-order chi connectivity index (χ0) is 12.0. The Kier molecular flexibility index (Phi) is 5.45. The van der Waals surface area contributed by atoms with Crippen molar-refractivity contribution in [2.24, 2.45) is 4.99 Å². The van der Waals surface area contributed by atoms with E-state index in [-0.39, 0.29) is 5.75 Å². The number of nitrogens with two attached hydrogens (primary N) is 1. The van der Waals surface area contributed by atoms with Gasteiger partial charge in [0.15, 0.2) is 0 Å². The molecule has 0 unspecified atom stereocenters. The highest BCUT2D eigenvalue weighted by Crippen LogP contribution is 2.28. The molecule has 0 saturated carbocycles. The van der Waals surface area contributed by atoms with Crippen LogP contribution in [-0.4, -0.2) is 18.4 Å². The van der Waals surface area contributed by atoms with Crippen LogP contribution in [-0.2, 0) is 0 Å². The van der Waals surface area contributed by atoms with Crippen molar-refractivity contribution >= 4 is 11.9 Å². The summed E-state index contributed by atoms with van der Waals surface area (Å²) in [6.45, 7) is 7.64. The smallest absolute Gasteiger partial charge is 0.123 e. The number of benzene rings is 1. The van der Waals surface area contributed by atoms with Gasteiger partial charge in [-0.2, -0.15) is 0 Å². The average Bonchev–Trinajstić information content (AvgIpc) is 2.26. The largest absolute Gasteiger partial charge is 0.507 e. The highest BCUT2D eigenvalue weighted by Gasteiger charge is 2.07. The van der Waals surface area contributed by atoms with Gasteiger partial charge in [0.25, 0.3) is 0 Å². The van der Waals surface area contributed by atoms with Gasteiger partial charge in [0.05, 0.1) is 0 Å². The lowest BCUT2D eigenvalue weighted by atomic mass is 10.0. The van der Waals surface area contributed by atoms with Gasteiger partial charge < -0.3 is 10.8 Å². The molecule has 3 nitrogen and oxygen atoms in total. The summed E-state index contributed by atoms with van der Waals surface area (Å²) in [5.41, 5.74) is 8.77. The molecule has 1 aromatic rings. The monoisotopic (exact) mass is 208 g/mol. The third kappa shape index (κ3) is 2.98. The van der Waals surface area contributed by atoms with Crippen molar-refractivity contribution in [3.8, 4) is 5.75 Å². The molecule has 15 heavy (non-hydrogen) atoms. The van der Waals surface area contributed by atoms with E-state index in [1.807, 2.05) is 26.8 Å². The third-order valence-electron chi connectivity index (χ3n) is 2.08. The first-order chi connectivity index (χ1) is 7.07. The molecule has 0 bridgehead atoms. The van der Waals surface area contributed by atoms with Gasteiger partial charge in [-0.1, -0.05) is 13.8 Å². The van der Waals surface area contributed by atoms with Crippen molar-refractivity contribution < 1.29 is 5.11 Å². The van der Waals surface area contributed by atoms with Crippen LogP contribution in [0.2, 0.25) is 0 Å². The van der Waals surface area contributed by atoms with Crippen molar-refractivity contribution in [3.05, 3.63) is 22.8 Å². The Morgan fingerprint density at radius 1 is 1.33 bits per heavy atom. The molecule has 0 aliphatic rings. The zero-order valence-electron chi connectivity index (χ0n) is 10.1. The first-order valence-corrected chi connectivity index (χ1v) is 5.08. The Bertz CT molecular complexity index is 357. The number of hydrogen-bond acceptors (Lipinski definition) is 3. The molecule has 0 radical (unpaired) electrons. The molecule has 3 heteroatoms. The van der Waals surface area contributed by atoms with E-state index in [0.717, 1.165) is 16.7 Å². The summed E-state index contributed by atoms with van der Waals surface area (Å²) in [7, 11) is 1.69. The van der Waals surface area contributed by atoms with Gasteiger partial charge in [-0.25, -0.2) is 0 Å². The number of phenolic OH excluding ortho intramolecular Hbond substituents is 1. The van der Waals surface area contributed by atoms with Gasteiger partial charge in [0, 0.05) is 30.1 Å². The minimum atomic E-state index is 0.269. The van der Waals surface area contributed by atoms with Crippen LogP contribution >= 0.6 is 0 Å². The summed E-state index contributed by atoms with van der Waals surface area (Å²) < 4.78 is 0. The van der Waals surface area contributed by atoms with Crippen molar-refractivity contribution in [1.82, 2.24) is 0 Å². The Morgan fingerprint density at radius 3 is 2.33 bits per heavy atom. The van der Waals surface area contributed by atoms with Gasteiger partial charge in [-0.05, 0) is 25.5 Å². The second kappa shape index (κ2) is 6.06. The number of rotatable bonds is 1. The predicted octanol–water partition coefficient (Wildman–Crippen LogP) is 2.67. The molecule has 0 amide bonds. The maximum atomic E-state index is 9.56. The van der Waals surface area contributed by atoms with Crippen LogP contribution in [0.4, 0.5) is 5.69 Å². The Labute approximate surface area is 91.7 Å². The molecule has 0 aliphatic carbocycles. The summed E-state index contributed by atoms with van der Waals surface area (Å²) in [6, 6.07) is 1.82. The molecule has 0 aromatic heterocycles. The second-order valence-electron chi connectivity index (χ2n) is 3.06. The van der Waals surface area contributed by atoms with E-state index >= 15 is 0 Å². The van der Waals surface area contributed by atoms with Crippen LogP contribution < -0.4 is 5.73 Å². The highest BCUT2D eigenvalue weighted by atomic mass is 16.3. The van der Waals surface area contributed by atoms with Crippen LogP contribution in [0.1, 0.15) is 30.5 Å². The van der Waals surface area contributed by atoms with Gasteiger partial charge in [0.2, 0.25) is 0 Å². The van der Waals surface area contributed by atoms with Crippen molar-refractivity contribution in [1.29, 1.82) is 0 Å². The number of nitrogens with zero attached hydrogens (tertiary/aromatic N) is 1. The second-order valence-corrected chi connectivity index (χ2v) is 3.06. The number of nitrogen functional groups attached to an aromatic ring is 1. The van der Waals surface area contributed by atoms with Crippen LogP contribution in [0, 0.1) is 13.8 Å². The molecule has 1 rings (SSSR count). The van der Waals surface area contributed by atoms with E-state index in [1.165, 1.54) is 0 Å². The minimum absolute atomic E-state index is 0.269. The zero-order valence-corrected chi connectivity index (χ0v) is 10.1. The molecule has 3 N–H and O–H groups in total. The standard InChI is InChI=1S/C10H14N2O.C2H6/c1-6-4-8(5-12-3)9(11)7(2)10(6)13;1-2/h4-5,13H,11H2,1-3H3;1-2H3. The molecule has 84 valence electrons. The van der Waals surface area contributed by atoms with Crippen LogP contribution in [0.15, 0.2) is 11.1 Å². The van der Waals surface area contributed by atoms with E-state index in [0.29, 0.717) is 5.69 Å². The van der Waals surface area contributed by atoms with Gasteiger partial charge >= 0.3 is 0 Å². The lowest BCUT2D eigenvalue weighted by molar-refractivity contribution is 0.467. The summed E-state index contributed by atoms with van der Waals surface area (Å²) in [4.78, 5) is 3.89. The van der Waals surface area contributed by atoms with E-state index in [9.17, 15) is 5.11 Å². The molecule has 0 atom stereocenters. The summed E-state index contributed by atoms with van der Waals surface area (Å²) >= 11 is 0. The number of aryl methyl sites for hydroxylation is 1. The topological polar surface area (TPSA) is 58.6 Å². The molecule has 0 fully saturated rings. The first-order valence-electron chi connectivity index (χ1n) is 5.08. The Morgan fingerprint density at radius 2 is 1.87 bits per heavy atom. The van der Waals surface area contributed by atoms with Gasteiger partial charge in [-0.15, -0.1) is 0 Å². The fraction of sp³-hybridized carbons (Fsp3) is 0.417. The van der Waals surface area contributed by atoms with Crippen LogP contribution in [0.3, 0.4) is 0 Å². The maximum absolute atomic E-state index is 9.56. The summed E-state index contributed by atoms with van der Waals surface area (Å²) in [5, 5.41) is 9.56. The van der Waals surface area contributed by atoms with Crippen LogP contribution in [0.25, 0.3) is 0 Å². The molecule has 1 aromatic carbocycles. The maximum Gasteiger partial charge on any atom is 0.123 e. The SMILES string of the molecule is CC.CN=Cc1cc(C)c(O)c(C)c1N. The molecule has 0 heterocycles. The fourth-order valence-corrected chi connectivity index (χ4v) is 1.27. The number of anilines is 1. The third-order valence-corrected chi connectivity index (χ3v) is 2.08. The van der Waals surface area contributed by atoms with Crippen molar-refractivity contribution in [2.75, 3.05) is 12.8 Å². The molecular weight excluding hydrogens is 188 g/mol. The lowest BCUT2D eigenvalue weighted by Crippen LogP contribution is -1.98. The highest BCUT2D eigenvalue weighted by molar-refractivity contribution is 5.89. The number of hydrogen-bond donors (Lipinski definition) is 2. The predicted molar refractivity (Wildman–Crippen MR) is 66.9 cm³/mol. The molecule has 0 spiro atoms. The minimum Gasteiger partial charge on any atom is -0.507 e. The van der Waals surface area contributed by atoms with Crippen molar-refractivity contribution in [2.45, 2.75) is 27.7 Å². The lowest BCUT2D eigenvalue weighted by Gasteiger charge is -2.09. The average molecular weight is 208 g/mol. The van der Waals surface area contributed by atoms with E-state index < -0.39 is 0 Å². The number of aromatic hydroxyl groups is 1. The number of aliphatic imine (C=N–C) groups is 1. The van der Waals surface area contributed by atoms with E-state index in [1.54, 1.807) is 20.2 Å². The molecular formula is C12H20N2O. The van der Waals surface area contributed by atoms with Gasteiger partial charge in [-0.3, -0.25) is 4.99 Å². The van der Waals surface area contributed by atoms with Gasteiger partial charge in [0.1, 0.15) is 5.75 Å². The molecule has 0 aliphatic heterocycles. The summed E-state index contributed by atoms with van der Waals surface area (Å²) in [6.07, 6.45) is 1.69. The Balaban J connectivity index is 0.000000921. The number of phenols is 1. The quantitative estimate of drug-likeness (QED) is 0.550. The molecule has 0 saturated heterocycles. The summed E-state index contributed by atoms with van der Waals surface area (Å²) in [5.74, 6) is 0.269. The first kappa shape index (κ1) is 13.5. The van der Waals surface area contributed by atoms with Crippen molar-refractivity contribution in [3.63, 3.8) is 0 Å². The van der Waals surface area contributed by atoms with E-state index in [4.69, 9.17) is 5.73 Å². The fourth-order valence-electron chi connectivity index (χ4n) is 1.27.